The third-order valence-corrected chi connectivity index (χ3v) is 17.5. The van der Waals surface area contributed by atoms with Crippen molar-refractivity contribution >= 4 is 8.32 Å². The van der Waals surface area contributed by atoms with E-state index in [2.05, 4.69) is 84.1 Å². The van der Waals surface area contributed by atoms with Crippen LogP contribution in [0.1, 0.15) is 68.9 Å². The van der Waals surface area contributed by atoms with E-state index >= 15 is 0 Å². The van der Waals surface area contributed by atoms with Crippen LogP contribution >= 0.6 is 0 Å². The lowest BCUT2D eigenvalue weighted by molar-refractivity contribution is -0.397. The highest BCUT2D eigenvalue weighted by molar-refractivity contribution is 6.74. The zero-order valence-electron chi connectivity index (χ0n) is 38.2. The van der Waals surface area contributed by atoms with E-state index in [0.717, 1.165) is 28.0 Å². The van der Waals surface area contributed by atoms with Crippen molar-refractivity contribution in [2.75, 3.05) is 6.61 Å². The smallest absolute Gasteiger partial charge is 0.250 e. The fraction of sp³-hybridized carbons (Fsp3) is 0.382. The van der Waals surface area contributed by atoms with Crippen molar-refractivity contribution in [2.45, 2.75) is 122 Å². The van der Waals surface area contributed by atoms with Crippen molar-refractivity contribution < 1.29 is 33.2 Å². The molecular formula is C55H66O7Si. The minimum atomic E-state index is -1.99. The first-order valence-corrected chi connectivity index (χ1v) is 25.3. The monoisotopic (exact) mass is 866 g/mol. The maximum absolute atomic E-state index is 13.7. The molecule has 7 rings (SSSR count). The molecule has 332 valence electrons. The summed E-state index contributed by atoms with van der Waals surface area (Å²) in [6.45, 7) is 16.9. The molecule has 0 radical (unpaired) electrons. The quantitative estimate of drug-likeness (QED) is 0.0879. The Morgan fingerprint density at radius 2 is 1.11 bits per heavy atom. The van der Waals surface area contributed by atoms with E-state index in [1.54, 1.807) is 0 Å². The SMILES string of the molecule is CC1=C(Cc2ccc(O[Si](C)(C)C(C)(C)C)cc2)CC(C)(C2(O)O[C@H](COCc3ccccc3)[C@@H](OCc3ccccc3)[C@H](OCc3ccccc3)[C@H]2OCc2ccccc2)C=C1. The van der Waals surface area contributed by atoms with Crippen LogP contribution in [0, 0.1) is 5.41 Å². The maximum Gasteiger partial charge on any atom is 0.250 e. The molecule has 2 unspecified atom stereocenters. The van der Waals surface area contributed by atoms with Crippen LogP contribution in [0.3, 0.4) is 0 Å². The molecule has 7 nitrogen and oxygen atoms in total. The summed E-state index contributed by atoms with van der Waals surface area (Å²) in [5.41, 5.74) is 6.61. The Hall–Kier alpha value is -4.64. The summed E-state index contributed by atoms with van der Waals surface area (Å²) in [4.78, 5) is 0. The molecule has 1 heterocycles. The molecule has 5 aromatic carbocycles. The summed E-state index contributed by atoms with van der Waals surface area (Å²) >= 11 is 0. The van der Waals surface area contributed by atoms with Crippen molar-refractivity contribution in [3.63, 3.8) is 0 Å². The summed E-state index contributed by atoms with van der Waals surface area (Å²) in [6.07, 6.45) is 2.31. The second-order valence-electron chi connectivity index (χ2n) is 19.0. The first-order valence-electron chi connectivity index (χ1n) is 22.4. The van der Waals surface area contributed by atoms with Gasteiger partial charge in [0.2, 0.25) is 14.1 Å². The average Bonchev–Trinajstić information content (AvgIpc) is 3.28. The van der Waals surface area contributed by atoms with Gasteiger partial charge in [0, 0.05) is 5.41 Å². The minimum Gasteiger partial charge on any atom is -0.544 e. The summed E-state index contributed by atoms with van der Waals surface area (Å²) in [6, 6.07) is 48.8. The number of aliphatic hydroxyl groups is 1. The van der Waals surface area contributed by atoms with Crippen molar-refractivity contribution in [3.8, 4) is 5.75 Å². The van der Waals surface area contributed by atoms with Crippen LogP contribution in [-0.2, 0) is 56.5 Å². The predicted octanol–water partition coefficient (Wildman–Crippen LogP) is 12.0. The lowest BCUT2D eigenvalue weighted by Gasteiger charge is -2.56. The number of allylic oxidation sites excluding steroid dienone is 3. The Labute approximate surface area is 376 Å². The van der Waals surface area contributed by atoms with Gasteiger partial charge in [0.25, 0.3) is 0 Å². The topological polar surface area (TPSA) is 75.6 Å². The summed E-state index contributed by atoms with van der Waals surface area (Å²) in [7, 11) is -1.99. The number of hydrogen-bond acceptors (Lipinski definition) is 7. The Kier molecular flexibility index (Phi) is 15.1. The molecule has 1 N–H and O–H groups in total. The van der Waals surface area contributed by atoms with Crippen LogP contribution in [0.2, 0.25) is 18.1 Å². The van der Waals surface area contributed by atoms with Crippen LogP contribution in [0.15, 0.2) is 169 Å². The van der Waals surface area contributed by atoms with Crippen molar-refractivity contribution in [2.24, 2.45) is 5.41 Å². The van der Waals surface area contributed by atoms with Gasteiger partial charge in [-0.1, -0.05) is 184 Å². The standard InChI is InChI=1S/C55H66O7Si/c1-41-32-33-54(5,35-47(41)34-42-28-30-48(31-29-42)62-63(6,7)53(2,3)4)55(56)52(60-39-46-26-18-11-19-27-46)51(59-38-45-24-16-10-17-25-45)50(58-37-44-22-14-9-15-23-44)49(61-55)40-57-36-43-20-12-8-13-21-43/h8-33,49-52,56H,34-40H2,1-7H3/t49-,50-,51+,52-,54?,55?/m1/s1. The van der Waals surface area contributed by atoms with Crippen LogP contribution < -0.4 is 4.43 Å². The van der Waals surface area contributed by atoms with E-state index in [0.29, 0.717) is 26.1 Å². The predicted molar refractivity (Wildman–Crippen MR) is 254 cm³/mol. The number of rotatable bonds is 18. The van der Waals surface area contributed by atoms with Gasteiger partial charge in [0.15, 0.2) is 0 Å². The fourth-order valence-electron chi connectivity index (χ4n) is 8.20. The van der Waals surface area contributed by atoms with E-state index in [9.17, 15) is 5.11 Å². The van der Waals surface area contributed by atoms with E-state index < -0.39 is 43.9 Å². The maximum atomic E-state index is 13.7. The second kappa shape index (κ2) is 20.5. The third kappa shape index (κ3) is 11.6. The molecule has 0 bridgehead atoms. The molecule has 0 saturated carbocycles. The second-order valence-corrected chi connectivity index (χ2v) is 23.7. The number of benzene rings is 5. The molecule has 63 heavy (non-hydrogen) atoms. The van der Waals surface area contributed by atoms with Crippen molar-refractivity contribution in [1.29, 1.82) is 0 Å². The number of hydrogen-bond donors (Lipinski definition) is 1. The summed E-state index contributed by atoms with van der Waals surface area (Å²) < 4.78 is 41.2. The van der Waals surface area contributed by atoms with Crippen molar-refractivity contribution in [1.82, 2.24) is 0 Å². The molecule has 0 amide bonds. The van der Waals surface area contributed by atoms with Gasteiger partial charge in [-0.2, -0.15) is 0 Å². The molecule has 2 aliphatic rings. The van der Waals surface area contributed by atoms with E-state index in [4.69, 9.17) is 28.1 Å². The summed E-state index contributed by atoms with van der Waals surface area (Å²) in [5.74, 6) is -0.987. The Morgan fingerprint density at radius 1 is 0.635 bits per heavy atom. The molecule has 1 aliphatic carbocycles. The fourth-order valence-corrected chi connectivity index (χ4v) is 9.23. The van der Waals surface area contributed by atoms with Gasteiger partial charge in [-0.15, -0.1) is 0 Å². The summed E-state index contributed by atoms with van der Waals surface area (Å²) in [5, 5.41) is 13.8. The number of ether oxygens (including phenoxy) is 5. The molecule has 1 aliphatic heterocycles. The molecule has 8 heteroatoms. The van der Waals surface area contributed by atoms with Gasteiger partial charge in [-0.05, 0) is 77.8 Å². The Morgan fingerprint density at radius 3 is 1.62 bits per heavy atom. The van der Waals surface area contributed by atoms with Crippen LogP contribution in [0.25, 0.3) is 0 Å². The first-order chi connectivity index (χ1) is 30.2. The van der Waals surface area contributed by atoms with E-state index in [1.165, 1.54) is 16.7 Å². The zero-order valence-corrected chi connectivity index (χ0v) is 39.2. The molecule has 0 spiro atoms. The van der Waals surface area contributed by atoms with Gasteiger partial charge >= 0.3 is 0 Å². The largest absolute Gasteiger partial charge is 0.544 e. The molecular weight excluding hydrogens is 801 g/mol. The molecule has 6 atom stereocenters. The third-order valence-electron chi connectivity index (χ3n) is 13.1. The van der Waals surface area contributed by atoms with Gasteiger partial charge in [-0.25, -0.2) is 0 Å². The van der Waals surface area contributed by atoms with E-state index in [1.807, 2.05) is 121 Å². The van der Waals surface area contributed by atoms with Gasteiger partial charge in [0.1, 0.15) is 30.2 Å². The Bertz CT molecular complexity index is 2240. The van der Waals surface area contributed by atoms with Gasteiger partial charge in [0.05, 0.1) is 33.0 Å². The van der Waals surface area contributed by atoms with Crippen LogP contribution in [0.4, 0.5) is 0 Å². The zero-order chi connectivity index (χ0) is 44.5. The molecule has 0 aromatic heterocycles. The van der Waals surface area contributed by atoms with Crippen molar-refractivity contribution in [3.05, 3.63) is 197 Å². The van der Waals surface area contributed by atoms with Crippen LogP contribution in [-0.4, -0.2) is 50.2 Å². The lowest BCUT2D eigenvalue weighted by Crippen LogP contribution is -2.71. The highest BCUT2D eigenvalue weighted by atomic mass is 28.4. The highest BCUT2D eigenvalue weighted by Crippen LogP contribution is 2.51. The lowest BCUT2D eigenvalue weighted by atomic mass is 9.67. The van der Waals surface area contributed by atoms with Gasteiger partial charge in [-0.3, -0.25) is 0 Å². The molecule has 1 saturated heterocycles. The first kappa shape index (κ1) is 46.4. The Balaban J connectivity index is 1.24. The minimum absolute atomic E-state index is 0.100. The average molecular weight is 867 g/mol. The van der Waals surface area contributed by atoms with Crippen LogP contribution in [0.5, 0.6) is 5.75 Å². The van der Waals surface area contributed by atoms with Gasteiger partial charge < -0.3 is 33.2 Å². The normalized spacial score (nSPS) is 24.1. The molecule has 1 fully saturated rings. The van der Waals surface area contributed by atoms with E-state index in [-0.39, 0.29) is 24.9 Å². The molecule has 5 aromatic rings. The highest BCUT2D eigenvalue weighted by Gasteiger charge is 2.63.